The lowest BCUT2D eigenvalue weighted by atomic mass is 9.91. The van der Waals surface area contributed by atoms with E-state index in [0.29, 0.717) is 12.0 Å². The van der Waals surface area contributed by atoms with Crippen LogP contribution in [0.15, 0.2) is 36.1 Å². The third-order valence-corrected chi connectivity index (χ3v) is 4.16. The van der Waals surface area contributed by atoms with Crippen LogP contribution in [-0.2, 0) is 11.2 Å². The van der Waals surface area contributed by atoms with E-state index >= 15 is 0 Å². The van der Waals surface area contributed by atoms with Gasteiger partial charge in [0.15, 0.2) is 0 Å². The molecule has 0 aromatic heterocycles. The van der Waals surface area contributed by atoms with Crippen LogP contribution in [0.2, 0.25) is 0 Å². The summed E-state index contributed by atoms with van der Waals surface area (Å²) in [5.41, 5.74) is 3.02. The molecular weight excluding hydrogens is 222 g/mol. The van der Waals surface area contributed by atoms with Crippen molar-refractivity contribution in [1.29, 1.82) is 0 Å². The van der Waals surface area contributed by atoms with Gasteiger partial charge in [-0.25, -0.2) is 0 Å². The van der Waals surface area contributed by atoms with Crippen molar-refractivity contribution in [2.75, 3.05) is 13.7 Å². The first-order valence-corrected chi connectivity index (χ1v) is 6.98. The fourth-order valence-electron chi connectivity index (χ4n) is 3.27. The molecule has 0 saturated heterocycles. The minimum Gasteiger partial charge on any atom is -0.497 e. The van der Waals surface area contributed by atoms with Crippen molar-refractivity contribution >= 4 is 0 Å². The molecule has 2 nitrogen and oxygen atoms in total. The summed E-state index contributed by atoms with van der Waals surface area (Å²) in [7, 11) is 2.05. The van der Waals surface area contributed by atoms with Gasteiger partial charge in [-0.15, -0.1) is 0 Å². The van der Waals surface area contributed by atoms with Crippen molar-refractivity contribution in [3.8, 4) is 0 Å². The fourth-order valence-corrected chi connectivity index (χ4v) is 3.27. The van der Waals surface area contributed by atoms with Gasteiger partial charge < -0.3 is 10.1 Å². The molecule has 0 amide bonds. The Kier molecular flexibility index (Phi) is 3.37. The second-order valence-corrected chi connectivity index (χ2v) is 5.21. The van der Waals surface area contributed by atoms with Crippen LogP contribution in [0.3, 0.4) is 0 Å². The van der Waals surface area contributed by atoms with Crippen LogP contribution in [0.5, 0.6) is 0 Å². The van der Waals surface area contributed by atoms with Gasteiger partial charge in [-0.05, 0) is 49.9 Å². The number of hydrogen-bond acceptors (Lipinski definition) is 2. The van der Waals surface area contributed by atoms with Gasteiger partial charge in [0.05, 0.1) is 12.6 Å². The highest BCUT2D eigenvalue weighted by Gasteiger charge is 2.32. The average molecular weight is 243 g/mol. The van der Waals surface area contributed by atoms with E-state index in [9.17, 15) is 0 Å². The van der Waals surface area contributed by atoms with Crippen LogP contribution < -0.4 is 5.32 Å². The molecule has 1 aromatic carbocycles. The second-order valence-electron chi connectivity index (χ2n) is 5.21. The lowest BCUT2D eigenvalue weighted by molar-refractivity contribution is 0.162. The molecule has 0 fully saturated rings. The molecule has 1 N–H and O–H groups in total. The molecule has 2 heteroatoms. The standard InChI is InChI=1S/C16H21NO/c1-17-16(15-8-4-5-11-18-15)14-10-9-12-6-2-3-7-13(12)14/h2-3,6-8,14,16-17H,4-5,9-11H2,1H3. The molecule has 18 heavy (non-hydrogen) atoms. The van der Waals surface area contributed by atoms with Gasteiger partial charge in [-0.3, -0.25) is 0 Å². The minimum atomic E-state index is 0.342. The van der Waals surface area contributed by atoms with Gasteiger partial charge in [0, 0.05) is 5.92 Å². The summed E-state index contributed by atoms with van der Waals surface area (Å²) in [6.07, 6.45) is 7.01. The quantitative estimate of drug-likeness (QED) is 0.881. The van der Waals surface area contributed by atoms with E-state index in [4.69, 9.17) is 4.74 Å². The first kappa shape index (κ1) is 11.8. The van der Waals surface area contributed by atoms with Crippen LogP contribution in [-0.4, -0.2) is 19.7 Å². The van der Waals surface area contributed by atoms with E-state index < -0.39 is 0 Å². The third kappa shape index (κ3) is 2.05. The van der Waals surface area contributed by atoms with Crippen LogP contribution in [0.25, 0.3) is 0 Å². The van der Waals surface area contributed by atoms with Crippen molar-refractivity contribution in [2.45, 2.75) is 37.6 Å². The van der Waals surface area contributed by atoms with E-state index in [1.54, 1.807) is 0 Å². The van der Waals surface area contributed by atoms with Crippen molar-refractivity contribution in [2.24, 2.45) is 0 Å². The lowest BCUT2D eigenvalue weighted by Crippen LogP contribution is -2.35. The molecule has 1 aliphatic carbocycles. The number of allylic oxidation sites excluding steroid dienone is 1. The topological polar surface area (TPSA) is 21.3 Å². The molecular formula is C16H21NO. The Hall–Kier alpha value is -1.28. The molecule has 3 rings (SSSR count). The third-order valence-electron chi connectivity index (χ3n) is 4.16. The van der Waals surface area contributed by atoms with Gasteiger partial charge in [-0.2, -0.15) is 0 Å². The van der Waals surface area contributed by atoms with Crippen LogP contribution in [0.1, 0.15) is 36.3 Å². The zero-order valence-electron chi connectivity index (χ0n) is 11.0. The van der Waals surface area contributed by atoms with E-state index in [-0.39, 0.29) is 0 Å². The summed E-state index contributed by atoms with van der Waals surface area (Å²) >= 11 is 0. The van der Waals surface area contributed by atoms with Crippen LogP contribution in [0, 0.1) is 0 Å². The fraction of sp³-hybridized carbons (Fsp3) is 0.500. The number of ether oxygens (including phenoxy) is 1. The maximum absolute atomic E-state index is 5.86. The van der Waals surface area contributed by atoms with Crippen LogP contribution in [0.4, 0.5) is 0 Å². The number of hydrogen-bond donors (Lipinski definition) is 1. The number of fused-ring (bicyclic) bond motifs is 1. The zero-order valence-corrected chi connectivity index (χ0v) is 11.0. The Morgan fingerprint density at radius 1 is 1.33 bits per heavy atom. The van der Waals surface area contributed by atoms with Crippen molar-refractivity contribution in [1.82, 2.24) is 5.32 Å². The van der Waals surface area contributed by atoms with Gasteiger partial charge >= 0.3 is 0 Å². The number of likely N-dealkylation sites (N-methyl/N-ethyl adjacent to an activating group) is 1. The molecule has 0 bridgehead atoms. The second kappa shape index (κ2) is 5.15. The molecule has 0 saturated carbocycles. The first-order chi connectivity index (χ1) is 8.90. The van der Waals surface area contributed by atoms with Crippen LogP contribution >= 0.6 is 0 Å². The Morgan fingerprint density at radius 3 is 3.00 bits per heavy atom. The van der Waals surface area contributed by atoms with E-state index in [0.717, 1.165) is 25.2 Å². The Morgan fingerprint density at radius 2 is 2.22 bits per heavy atom. The first-order valence-electron chi connectivity index (χ1n) is 6.98. The lowest BCUT2D eigenvalue weighted by Gasteiger charge is -2.28. The summed E-state index contributed by atoms with van der Waals surface area (Å²) < 4.78 is 5.86. The Labute approximate surface area is 109 Å². The molecule has 0 radical (unpaired) electrons. The van der Waals surface area contributed by atoms with Gasteiger partial charge in [-0.1, -0.05) is 24.3 Å². The number of benzene rings is 1. The normalized spacial score (nSPS) is 24.1. The predicted molar refractivity (Wildman–Crippen MR) is 73.6 cm³/mol. The maximum Gasteiger partial charge on any atom is 0.109 e. The number of aryl methyl sites for hydroxylation is 1. The van der Waals surface area contributed by atoms with Crippen molar-refractivity contribution < 1.29 is 4.74 Å². The van der Waals surface area contributed by atoms with Gasteiger partial charge in [0.1, 0.15) is 5.76 Å². The highest BCUT2D eigenvalue weighted by Crippen LogP contribution is 2.38. The van der Waals surface area contributed by atoms with E-state index in [2.05, 4.69) is 35.7 Å². The van der Waals surface area contributed by atoms with Gasteiger partial charge in [0.2, 0.25) is 0 Å². The molecule has 1 aliphatic heterocycles. The molecule has 1 heterocycles. The van der Waals surface area contributed by atoms with E-state index in [1.165, 1.54) is 24.0 Å². The summed E-state index contributed by atoms with van der Waals surface area (Å²) in [4.78, 5) is 0. The summed E-state index contributed by atoms with van der Waals surface area (Å²) in [6.45, 7) is 0.873. The predicted octanol–water partition coefficient (Wildman–Crippen LogP) is 3.00. The van der Waals surface area contributed by atoms with Crippen molar-refractivity contribution in [3.63, 3.8) is 0 Å². The van der Waals surface area contributed by atoms with Crippen molar-refractivity contribution in [3.05, 3.63) is 47.2 Å². The molecule has 96 valence electrons. The molecule has 2 unspecified atom stereocenters. The zero-order chi connectivity index (χ0) is 12.4. The smallest absolute Gasteiger partial charge is 0.109 e. The molecule has 2 atom stereocenters. The summed E-state index contributed by atoms with van der Waals surface area (Å²) in [5.74, 6) is 1.72. The van der Waals surface area contributed by atoms with E-state index in [1.807, 2.05) is 7.05 Å². The maximum atomic E-state index is 5.86. The molecule has 1 aromatic rings. The largest absolute Gasteiger partial charge is 0.497 e. The molecule has 0 spiro atoms. The number of rotatable bonds is 3. The summed E-state index contributed by atoms with van der Waals surface area (Å²) in [5, 5.41) is 3.46. The monoisotopic (exact) mass is 243 g/mol. The highest BCUT2D eigenvalue weighted by molar-refractivity contribution is 5.37. The Bertz CT molecular complexity index is 452. The number of nitrogens with one attached hydrogen (secondary N) is 1. The highest BCUT2D eigenvalue weighted by atomic mass is 16.5. The molecule has 2 aliphatic rings. The summed E-state index contributed by atoms with van der Waals surface area (Å²) in [6, 6.07) is 9.18. The van der Waals surface area contributed by atoms with Gasteiger partial charge in [0.25, 0.3) is 0 Å². The SMILES string of the molecule is CNC(C1=CCCCO1)C1CCc2ccccc21. The Balaban J connectivity index is 1.87. The minimum absolute atomic E-state index is 0.342. The average Bonchev–Trinajstić information content (AvgIpc) is 2.85.